The number of rotatable bonds is 0. The summed E-state index contributed by atoms with van der Waals surface area (Å²) >= 11 is 0. The van der Waals surface area contributed by atoms with Crippen LogP contribution in [-0.4, -0.2) is 0 Å². The Kier molecular flexibility index (Phi) is 8.69. The third-order valence-corrected chi connectivity index (χ3v) is 2.43. The molecule has 0 aromatic carbocycles. The van der Waals surface area contributed by atoms with E-state index in [1.807, 2.05) is 42.5 Å². The molecule has 0 fully saturated rings. The summed E-state index contributed by atoms with van der Waals surface area (Å²) in [7, 11) is 0. The first-order valence-corrected chi connectivity index (χ1v) is 6.38. The molecule has 17 heavy (non-hydrogen) atoms. The van der Waals surface area contributed by atoms with Gasteiger partial charge in [0, 0.05) is 0 Å². The summed E-state index contributed by atoms with van der Waals surface area (Å²) in [6.45, 7) is 0. The van der Waals surface area contributed by atoms with E-state index < -0.39 is 0 Å². The molecule has 0 aromatic rings. The van der Waals surface area contributed by atoms with Crippen LogP contribution in [0.1, 0.15) is 32.1 Å². The Labute approximate surface area is 105 Å². The molecule has 0 bridgehead atoms. The summed E-state index contributed by atoms with van der Waals surface area (Å²) in [5.41, 5.74) is 0. The zero-order chi connectivity index (χ0) is 12.0. The zero-order valence-electron chi connectivity index (χ0n) is 10.4. The summed E-state index contributed by atoms with van der Waals surface area (Å²) in [6.07, 6.45) is 32.0. The molecule has 0 aromatic heterocycles. The van der Waals surface area contributed by atoms with Crippen molar-refractivity contribution >= 4 is 0 Å². The third-order valence-electron chi connectivity index (χ3n) is 2.43. The molecular formula is C17H21. The molecule has 89 valence electrons. The molecule has 0 heteroatoms. The van der Waals surface area contributed by atoms with Gasteiger partial charge in [-0.1, -0.05) is 73.3 Å². The molecular weight excluding hydrogens is 204 g/mol. The monoisotopic (exact) mass is 225 g/mol. The lowest BCUT2D eigenvalue weighted by Gasteiger charge is -1.93. The molecule has 0 saturated carbocycles. The van der Waals surface area contributed by atoms with Crippen molar-refractivity contribution in [2.24, 2.45) is 0 Å². The predicted octanol–water partition coefficient (Wildman–Crippen LogP) is 5.09. The van der Waals surface area contributed by atoms with Gasteiger partial charge in [-0.2, -0.15) is 0 Å². The van der Waals surface area contributed by atoms with Crippen LogP contribution >= 0.6 is 0 Å². The van der Waals surface area contributed by atoms with Crippen molar-refractivity contribution in [3.8, 4) is 0 Å². The van der Waals surface area contributed by atoms with E-state index in [0.29, 0.717) is 0 Å². The van der Waals surface area contributed by atoms with E-state index >= 15 is 0 Å². The van der Waals surface area contributed by atoms with Crippen molar-refractivity contribution < 1.29 is 0 Å². The average Bonchev–Trinajstić information content (AvgIpc) is 2.35. The summed E-state index contributed by atoms with van der Waals surface area (Å²) in [5.74, 6) is 0. The Balaban J connectivity index is 2.45. The molecule has 0 spiro atoms. The molecule has 0 aliphatic heterocycles. The molecule has 1 aliphatic carbocycles. The average molecular weight is 225 g/mol. The van der Waals surface area contributed by atoms with Gasteiger partial charge in [0.05, 0.1) is 0 Å². The highest BCUT2D eigenvalue weighted by molar-refractivity contribution is 5.19. The number of hydrogen-bond donors (Lipinski definition) is 0. The molecule has 0 nitrogen and oxygen atoms in total. The standard InChI is InChI=1S/C17H21/c1-2-4-6-8-10-12-14-16-17-15-13-11-9-7-5-3-1/h1-11H,12,14-17H2/b2-1+,5-3-,6-4+,9-7+,10-8-,13-11?. The van der Waals surface area contributed by atoms with Gasteiger partial charge in [-0.15, -0.1) is 0 Å². The van der Waals surface area contributed by atoms with E-state index in [9.17, 15) is 0 Å². The summed E-state index contributed by atoms with van der Waals surface area (Å²) < 4.78 is 0. The lowest BCUT2D eigenvalue weighted by atomic mass is 10.1. The quantitative estimate of drug-likeness (QED) is 0.538. The van der Waals surface area contributed by atoms with Crippen molar-refractivity contribution in [2.75, 3.05) is 0 Å². The SMILES string of the molecule is [C]1=C/C=C/C=C\C=C\C=C\C=C/CCCCC/1. The maximum absolute atomic E-state index is 3.29. The molecule has 0 amide bonds. The van der Waals surface area contributed by atoms with Crippen molar-refractivity contribution in [1.29, 1.82) is 0 Å². The molecule has 0 atom stereocenters. The highest BCUT2D eigenvalue weighted by atomic mass is 13.9. The molecule has 1 aliphatic rings. The second-order valence-electron chi connectivity index (χ2n) is 3.94. The highest BCUT2D eigenvalue weighted by Gasteiger charge is 1.85. The highest BCUT2D eigenvalue weighted by Crippen LogP contribution is 2.04. The first-order valence-electron chi connectivity index (χ1n) is 6.38. The van der Waals surface area contributed by atoms with Gasteiger partial charge >= 0.3 is 0 Å². The van der Waals surface area contributed by atoms with Gasteiger partial charge in [-0.25, -0.2) is 0 Å². The lowest BCUT2D eigenvalue weighted by molar-refractivity contribution is 0.691. The van der Waals surface area contributed by atoms with Gasteiger partial charge in [0.25, 0.3) is 0 Å². The largest absolute Gasteiger partial charge is 0.0845 e. The number of allylic oxidation sites excluding steroid dienone is 12. The van der Waals surface area contributed by atoms with Crippen molar-refractivity contribution in [3.63, 3.8) is 0 Å². The molecule has 0 unspecified atom stereocenters. The van der Waals surface area contributed by atoms with Gasteiger partial charge in [0.1, 0.15) is 0 Å². The maximum atomic E-state index is 3.29. The predicted molar refractivity (Wildman–Crippen MR) is 76.6 cm³/mol. The fraction of sp³-hybridized carbons (Fsp3) is 0.294. The first-order chi connectivity index (χ1) is 8.50. The Morgan fingerprint density at radius 3 is 2.00 bits per heavy atom. The van der Waals surface area contributed by atoms with Crippen LogP contribution in [0, 0.1) is 6.08 Å². The van der Waals surface area contributed by atoms with Gasteiger partial charge in [0.15, 0.2) is 0 Å². The van der Waals surface area contributed by atoms with E-state index in [1.165, 1.54) is 25.7 Å². The van der Waals surface area contributed by atoms with E-state index in [4.69, 9.17) is 0 Å². The fourth-order valence-corrected chi connectivity index (χ4v) is 1.50. The summed E-state index contributed by atoms with van der Waals surface area (Å²) in [6, 6.07) is 0. The van der Waals surface area contributed by atoms with Crippen LogP contribution in [-0.2, 0) is 0 Å². The Morgan fingerprint density at radius 1 is 0.588 bits per heavy atom. The van der Waals surface area contributed by atoms with Crippen LogP contribution in [0.3, 0.4) is 0 Å². The third kappa shape index (κ3) is 9.37. The summed E-state index contributed by atoms with van der Waals surface area (Å²) in [5, 5.41) is 0. The van der Waals surface area contributed by atoms with Crippen LogP contribution in [0.5, 0.6) is 0 Å². The molecule has 1 radical (unpaired) electrons. The van der Waals surface area contributed by atoms with Crippen LogP contribution in [0.25, 0.3) is 0 Å². The van der Waals surface area contributed by atoms with Crippen LogP contribution in [0.2, 0.25) is 0 Å². The minimum Gasteiger partial charge on any atom is -0.0845 e. The van der Waals surface area contributed by atoms with Crippen LogP contribution < -0.4 is 0 Å². The Bertz CT molecular complexity index is 301. The molecule has 0 N–H and O–H groups in total. The molecule has 0 heterocycles. The zero-order valence-corrected chi connectivity index (χ0v) is 10.4. The molecule has 1 rings (SSSR count). The van der Waals surface area contributed by atoms with Gasteiger partial charge in [0.2, 0.25) is 0 Å². The van der Waals surface area contributed by atoms with E-state index in [1.54, 1.807) is 0 Å². The minimum atomic E-state index is 1.07. The van der Waals surface area contributed by atoms with Gasteiger partial charge < -0.3 is 0 Å². The van der Waals surface area contributed by atoms with Crippen molar-refractivity contribution in [3.05, 3.63) is 72.9 Å². The number of hydrogen-bond acceptors (Lipinski definition) is 0. The van der Waals surface area contributed by atoms with Crippen LogP contribution in [0.15, 0.2) is 66.8 Å². The van der Waals surface area contributed by atoms with Crippen molar-refractivity contribution in [2.45, 2.75) is 32.1 Å². The van der Waals surface area contributed by atoms with Gasteiger partial charge in [-0.05, 0) is 31.8 Å². The second kappa shape index (κ2) is 10.9. The smallest absolute Gasteiger partial charge is 0.0276 e. The first kappa shape index (κ1) is 13.5. The fourth-order valence-electron chi connectivity index (χ4n) is 1.50. The Morgan fingerprint density at radius 2 is 1.24 bits per heavy atom. The topological polar surface area (TPSA) is 0 Å². The lowest BCUT2D eigenvalue weighted by Crippen LogP contribution is -1.74. The maximum Gasteiger partial charge on any atom is -0.0276 e. The van der Waals surface area contributed by atoms with E-state index in [0.717, 1.165) is 6.42 Å². The Hall–Kier alpha value is -1.56. The second-order valence-corrected chi connectivity index (χ2v) is 3.94. The van der Waals surface area contributed by atoms with E-state index in [-0.39, 0.29) is 0 Å². The van der Waals surface area contributed by atoms with E-state index in [2.05, 4.69) is 30.4 Å². The minimum absolute atomic E-state index is 1.07. The molecule has 0 saturated heterocycles. The normalized spacial score (nSPS) is 29.6. The van der Waals surface area contributed by atoms with Crippen molar-refractivity contribution in [1.82, 2.24) is 0 Å². The van der Waals surface area contributed by atoms with Gasteiger partial charge in [-0.3, -0.25) is 0 Å². The summed E-state index contributed by atoms with van der Waals surface area (Å²) in [4.78, 5) is 0. The van der Waals surface area contributed by atoms with Crippen LogP contribution in [0.4, 0.5) is 0 Å².